The SMILES string of the molecule is Clc1ccnc2nc(C3CC3)cn12. The van der Waals surface area contributed by atoms with Crippen molar-refractivity contribution < 1.29 is 0 Å². The van der Waals surface area contributed by atoms with Gasteiger partial charge in [0.15, 0.2) is 0 Å². The average molecular weight is 194 g/mol. The van der Waals surface area contributed by atoms with E-state index in [4.69, 9.17) is 11.6 Å². The maximum absolute atomic E-state index is 5.98. The Morgan fingerprint density at radius 3 is 3.00 bits per heavy atom. The topological polar surface area (TPSA) is 30.2 Å². The number of imidazole rings is 1. The molecule has 1 aliphatic carbocycles. The van der Waals surface area contributed by atoms with Gasteiger partial charge in [0.25, 0.3) is 0 Å². The highest BCUT2D eigenvalue weighted by molar-refractivity contribution is 6.29. The Labute approximate surface area is 80.4 Å². The lowest BCUT2D eigenvalue weighted by atomic mass is 10.3. The number of halogens is 1. The van der Waals surface area contributed by atoms with Gasteiger partial charge in [0.1, 0.15) is 5.15 Å². The Balaban J connectivity index is 2.26. The molecule has 1 fully saturated rings. The molecule has 0 aliphatic heterocycles. The summed E-state index contributed by atoms with van der Waals surface area (Å²) < 4.78 is 1.83. The molecule has 0 spiro atoms. The highest BCUT2D eigenvalue weighted by Gasteiger charge is 2.26. The molecule has 0 N–H and O–H groups in total. The number of hydrogen-bond acceptors (Lipinski definition) is 2. The highest BCUT2D eigenvalue weighted by Crippen LogP contribution is 2.39. The van der Waals surface area contributed by atoms with Crippen molar-refractivity contribution in [2.45, 2.75) is 18.8 Å². The van der Waals surface area contributed by atoms with E-state index in [2.05, 4.69) is 9.97 Å². The van der Waals surface area contributed by atoms with Crippen molar-refractivity contribution in [2.75, 3.05) is 0 Å². The van der Waals surface area contributed by atoms with E-state index in [-0.39, 0.29) is 0 Å². The van der Waals surface area contributed by atoms with Crippen molar-refractivity contribution in [1.29, 1.82) is 0 Å². The molecule has 2 heterocycles. The van der Waals surface area contributed by atoms with Gasteiger partial charge in [-0.15, -0.1) is 0 Å². The molecule has 0 radical (unpaired) electrons. The van der Waals surface area contributed by atoms with Crippen LogP contribution in [0.1, 0.15) is 24.5 Å². The summed E-state index contributed by atoms with van der Waals surface area (Å²) in [5.41, 5.74) is 1.13. The minimum Gasteiger partial charge on any atom is -0.274 e. The van der Waals surface area contributed by atoms with Gasteiger partial charge < -0.3 is 0 Å². The number of aromatic nitrogens is 3. The summed E-state index contributed by atoms with van der Waals surface area (Å²) in [7, 11) is 0. The molecule has 0 aromatic carbocycles. The fourth-order valence-corrected chi connectivity index (χ4v) is 1.64. The zero-order valence-electron chi connectivity index (χ0n) is 6.94. The third kappa shape index (κ3) is 1.11. The molecule has 2 aromatic heterocycles. The fourth-order valence-electron chi connectivity index (χ4n) is 1.46. The van der Waals surface area contributed by atoms with Gasteiger partial charge in [-0.25, -0.2) is 9.97 Å². The van der Waals surface area contributed by atoms with Gasteiger partial charge in [0.05, 0.1) is 5.69 Å². The lowest BCUT2D eigenvalue weighted by molar-refractivity contribution is 1.05. The standard InChI is InChI=1S/C9H8ClN3/c10-8-3-4-11-9-12-7(5-13(8)9)6-1-2-6/h3-6H,1-2H2. The van der Waals surface area contributed by atoms with Crippen LogP contribution >= 0.6 is 11.6 Å². The fraction of sp³-hybridized carbons (Fsp3) is 0.333. The first-order chi connectivity index (χ1) is 6.34. The summed E-state index contributed by atoms with van der Waals surface area (Å²) in [5.74, 6) is 1.35. The largest absolute Gasteiger partial charge is 0.274 e. The molecule has 3 rings (SSSR count). The van der Waals surface area contributed by atoms with Crippen molar-refractivity contribution in [3.05, 3.63) is 29.3 Å². The molecule has 1 saturated carbocycles. The first-order valence-corrected chi connectivity index (χ1v) is 4.72. The molecule has 13 heavy (non-hydrogen) atoms. The number of nitrogens with zero attached hydrogens (tertiary/aromatic N) is 3. The maximum Gasteiger partial charge on any atom is 0.235 e. The molecule has 0 unspecified atom stereocenters. The van der Waals surface area contributed by atoms with E-state index in [0.29, 0.717) is 16.8 Å². The molecular weight excluding hydrogens is 186 g/mol. The van der Waals surface area contributed by atoms with Gasteiger partial charge in [-0.2, -0.15) is 0 Å². The Bertz CT molecular complexity index is 459. The summed E-state index contributed by atoms with van der Waals surface area (Å²) in [6.45, 7) is 0. The quantitative estimate of drug-likeness (QED) is 0.651. The molecule has 0 amide bonds. The molecule has 0 bridgehead atoms. The van der Waals surface area contributed by atoms with Crippen LogP contribution in [0.2, 0.25) is 5.15 Å². The molecule has 66 valence electrons. The second kappa shape index (κ2) is 2.45. The first-order valence-electron chi connectivity index (χ1n) is 4.34. The second-order valence-corrected chi connectivity index (χ2v) is 3.76. The van der Waals surface area contributed by atoms with Crippen LogP contribution in [-0.4, -0.2) is 14.4 Å². The monoisotopic (exact) mass is 193 g/mol. The van der Waals surface area contributed by atoms with Crippen LogP contribution in [0.15, 0.2) is 18.5 Å². The van der Waals surface area contributed by atoms with Crippen LogP contribution in [0, 0.1) is 0 Å². The summed E-state index contributed by atoms with van der Waals surface area (Å²) in [6, 6.07) is 1.77. The Hall–Kier alpha value is -1.09. The Morgan fingerprint density at radius 1 is 1.46 bits per heavy atom. The van der Waals surface area contributed by atoms with Gasteiger partial charge >= 0.3 is 0 Å². The second-order valence-electron chi connectivity index (χ2n) is 3.38. The highest BCUT2D eigenvalue weighted by atomic mass is 35.5. The molecule has 1 aliphatic rings. The lowest BCUT2D eigenvalue weighted by Crippen LogP contribution is -1.86. The van der Waals surface area contributed by atoms with Gasteiger partial charge in [-0.1, -0.05) is 11.6 Å². The molecule has 0 atom stereocenters. The zero-order chi connectivity index (χ0) is 8.84. The maximum atomic E-state index is 5.98. The van der Waals surface area contributed by atoms with Crippen LogP contribution in [0.5, 0.6) is 0 Å². The van der Waals surface area contributed by atoms with Gasteiger partial charge in [0.2, 0.25) is 5.78 Å². The van der Waals surface area contributed by atoms with Gasteiger partial charge in [0, 0.05) is 18.3 Å². The number of hydrogen-bond donors (Lipinski definition) is 0. The molecule has 2 aromatic rings. The van der Waals surface area contributed by atoms with Crippen LogP contribution < -0.4 is 0 Å². The van der Waals surface area contributed by atoms with Crippen molar-refractivity contribution in [1.82, 2.24) is 14.4 Å². The molecule has 3 nitrogen and oxygen atoms in total. The van der Waals surface area contributed by atoms with Crippen molar-refractivity contribution in [2.24, 2.45) is 0 Å². The smallest absolute Gasteiger partial charge is 0.235 e. The van der Waals surface area contributed by atoms with E-state index < -0.39 is 0 Å². The van der Waals surface area contributed by atoms with Crippen molar-refractivity contribution in [3.8, 4) is 0 Å². The Morgan fingerprint density at radius 2 is 2.31 bits per heavy atom. The molecule has 4 heteroatoms. The summed E-state index contributed by atoms with van der Waals surface area (Å²) in [5, 5.41) is 0.671. The predicted octanol–water partition coefficient (Wildman–Crippen LogP) is 2.26. The minimum atomic E-state index is 0.651. The third-order valence-corrected chi connectivity index (χ3v) is 2.64. The van der Waals surface area contributed by atoms with E-state index in [0.717, 1.165) is 5.69 Å². The third-order valence-electron chi connectivity index (χ3n) is 2.33. The Kier molecular flexibility index (Phi) is 1.38. The molecular formula is C9H8ClN3. The zero-order valence-corrected chi connectivity index (χ0v) is 7.70. The van der Waals surface area contributed by atoms with E-state index >= 15 is 0 Å². The van der Waals surface area contributed by atoms with Crippen molar-refractivity contribution in [3.63, 3.8) is 0 Å². The number of fused-ring (bicyclic) bond motifs is 1. The van der Waals surface area contributed by atoms with E-state index in [1.807, 2.05) is 10.6 Å². The van der Waals surface area contributed by atoms with Gasteiger partial charge in [-0.05, 0) is 18.9 Å². The van der Waals surface area contributed by atoms with Crippen molar-refractivity contribution >= 4 is 17.4 Å². The lowest BCUT2D eigenvalue weighted by Gasteiger charge is -1.92. The predicted molar refractivity (Wildman–Crippen MR) is 50.0 cm³/mol. The average Bonchev–Trinajstić information content (AvgIpc) is 2.87. The normalized spacial score (nSPS) is 16.7. The van der Waals surface area contributed by atoms with Crippen LogP contribution in [0.3, 0.4) is 0 Å². The summed E-state index contributed by atoms with van der Waals surface area (Å²) in [6.07, 6.45) is 6.17. The van der Waals surface area contributed by atoms with Crippen LogP contribution in [0.4, 0.5) is 0 Å². The van der Waals surface area contributed by atoms with Gasteiger partial charge in [-0.3, -0.25) is 4.40 Å². The summed E-state index contributed by atoms with van der Waals surface area (Å²) in [4.78, 5) is 8.54. The summed E-state index contributed by atoms with van der Waals surface area (Å²) >= 11 is 5.98. The first kappa shape index (κ1) is 7.33. The van der Waals surface area contributed by atoms with Crippen LogP contribution in [-0.2, 0) is 0 Å². The minimum absolute atomic E-state index is 0.651. The van der Waals surface area contributed by atoms with E-state index in [1.54, 1.807) is 12.3 Å². The van der Waals surface area contributed by atoms with Crippen LogP contribution in [0.25, 0.3) is 5.78 Å². The number of rotatable bonds is 1. The molecule has 0 saturated heterocycles. The van der Waals surface area contributed by atoms with E-state index in [1.165, 1.54) is 12.8 Å². The van der Waals surface area contributed by atoms with E-state index in [9.17, 15) is 0 Å².